The molecule has 1 aromatic heterocycles. The molecule has 0 fully saturated rings. The van der Waals surface area contributed by atoms with E-state index in [0.717, 1.165) is 15.5 Å². The summed E-state index contributed by atoms with van der Waals surface area (Å²) in [5.41, 5.74) is 2.89. The summed E-state index contributed by atoms with van der Waals surface area (Å²) in [6.07, 6.45) is 0. The Bertz CT molecular complexity index is 727. The summed E-state index contributed by atoms with van der Waals surface area (Å²) >= 11 is 3.03. The van der Waals surface area contributed by atoms with Crippen LogP contribution in [0.4, 0.5) is 5.69 Å². The van der Waals surface area contributed by atoms with Crippen molar-refractivity contribution in [1.29, 1.82) is 0 Å². The van der Waals surface area contributed by atoms with Crippen LogP contribution in [0.5, 0.6) is 0 Å². The lowest BCUT2D eigenvalue weighted by atomic mass is 10.3. The largest absolute Gasteiger partial charge is 0.320 e. The lowest BCUT2D eigenvalue weighted by Gasteiger charge is -2.09. The van der Waals surface area contributed by atoms with E-state index < -0.39 is 0 Å². The van der Waals surface area contributed by atoms with E-state index in [2.05, 4.69) is 10.3 Å². The van der Waals surface area contributed by atoms with Crippen LogP contribution in [0, 0.1) is 0 Å². The van der Waals surface area contributed by atoms with E-state index in [4.69, 9.17) is 0 Å². The van der Waals surface area contributed by atoms with Gasteiger partial charge in [0.05, 0.1) is 11.2 Å². The molecule has 0 aliphatic carbocycles. The van der Waals surface area contributed by atoms with E-state index in [-0.39, 0.29) is 5.91 Å². The maximum atomic E-state index is 12.1. The molecule has 3 rings (SSSR count). The van der Waals surface area contributed by atoms with Gasteiger partial charge in [-0.15, -0.1) is 11.3 Å². The van der Waals surface area contributed by atoms with Crippen molar-refractivity contribution in [2.45, 2.75) is 9.79 Å². The number of nitrogens with one attached hydrogen (secondary N) is 1. The summed E-state index contributed by atoms with van der Waals surface area (Å²) in [4.78, 5) is 18.3. The number of para-hydroxylation sites is 1. The number of nitrogens with zero attached hydrogens (tertiary/aromatic N) is 1. The van der Waals surface area contributed by atoms with Crippen LogP contribution in [-0.2, 0) is 0 Å². The molecule has 2 aromatic carbocycles. The van der Waals surface area contributed by atoms with Gasteiger partial charge >= 0.3 is 0 Å². The van der Waals surface area contributed by atoms with Crippen molar-refractivity contribution in [2.75, 3.05) is 5.32 Å². The maximum absolute atomic E-state index is 12.1. The van der Waals surface area contributed by atoms with Gasteiger partial charge in [0.25, 0.3) is 5.91 Å². The van der Waals surface area contributed by atoms with Crippen molar-refractivity contribution in [2.24, 2.45) is 0 Å². The number of anilines is 1. The van der Waals surface area contributed by atoms with Gasteiger partial charge in [-0.3, -0.25) is 4.79 Å². The van der Waals surface area contributed by atoms with Crippen LogP contribution in [0.1, 0.15) is 10.5 Å². The highest BCUT2D eigenvalue weighted by Crippen LogP contribution is 2.33. The lowest BCUT2D eigenvalue weighted by molar-refractivity contribution is 0.102. The van der Waals surface area contributed by atoms with E-state index in [1.807, 2.05) is 54.6 Å². The minimum absolute atomic E-state index is 0.183. The molecule has 0 aliphatic heterocycles. The lowest BCUT2D eigenvalue weighted by Crippen LogP contribution is -2.12. The average Bonchev–Trinajstić information content (AvgIpc) is 3.05. The molecule has 0 unspecified atom stereocenters. The molecule has 0 bridgehead atoms. The van der Waals surface area contributed by atoms with Gasteiger partial charge in [0.15, 0.2) is 0 Å². The van der Waals surface area contributed by atoms with Crippen LogP contribution >= 0.6 is 23.1 Å². The molecular formula is C16H12N2OS2. The van der Waals surface area contributed by atoms with Gasteiger partial charge in [-0.25, -0.2) is 4.98 Å². The monoisotopic (exact) mass is 312 g/mol. The topological polar surface area (TPSA) is 42.0 Å². The Labute approximate surface area is 131 Å². The summed E-state index contributed by atoms with van der Waals surface area (Å²) in [6, 6.07) is 17.8. The molecule has 1 heterocycles. The van der Waals surface area contributed by atoms with E-state index in [0.29, 0.717) is 5.69 Å². The molecule has 0 spiro atoms. The van der Waals surface area contributed by atoms with Gasteiger partial charge in [0, 0.05) is 15.2 Å². The van der Waals surface area contributed by atoms with E-state index >= 15 is 0 Å². The average molecular weight is 312 g/mol. The van der Waals surface area contributed by atoms with Gasteiger partial charge in [-0.2, -0.15) is 0 Å². The summed E-state index contributed by atoms with van der Waals surface area (Å²) in [5, 5.41) is 4.66. The molecule has 104 valence electrons. The molecular weight excluding hydrogens is 300 g/mol. The number of hydrogen-bond donors (Lipinski definition) is 1. The van der Waals surface area contributed by atoms with E-state index in [9.17, 15) is 4.79 Å². The van der Waals surface area contributed by atoms with Gasteiger partial charge in [0.1, 0.15) is 5.69 Å². The molecule has 3 aromatic rings. The minimum atomic E-state index is -0.183. The zero-order valence-electron chi connectivity index (χ0n) is 11.0. The van der Waals surface area contributed by atoms with Gasteiger partial charge in [-0.1, -0.05) is 42.1 Å². The molecule has 0 radical (unpaired) electrons. The second-order valence-corrected chi connectivity index (χ2v) is 6.07. The first-order chi connectivity index (χ1) is 10.3. The number of hydrogen-bond acceptors (Lipinski definition) is 4. The molecule has 3 nitrogen and oxygen atoms in total. The second-order valence-electron chi connectivity index (χ2n) is 4.24. The minimum Gasteiger partial charge on any atom is -0.320 e. The zero-order chi connectivity index (χ0) is 14.5. The normalized spacial score (nSPS) is 10.3. The third kappa shape index (κ3) is 3.51. The Balaban J connectivity index is 1.81. The first-order valence-corrected chi connectivity index (χ1v) is 8.10. The van der Waals surface area contributed by atoms with Crippen molar-refractivity contribution < 1.29 is 4.79 Å². The number of benzene rings is 2. The molecule has 0 atom stereocenters. The standard InChI is InChI=1S/C16H12N2OS2/c19-16(14-10-20-11-17-14)18-13-8-4-5-9-15(13)21-12-6-2-1-3-7-12/h1-11H,(H,18,19). The molecule has 0 saturated heterocycles. The van der Waals surface area contributed by atoms with Crippen molar-refractivity contribution in [3.8, 4) is 0 Å². The van der Waals surface area contributed by atoms with Crippen LogP contribution in [-0.4, -0.2) is 10.9 Å². The number of aromatic nitrogens is 1. The fraction of sp³-hybridized carbons (Fsp3) is 0. The quantitative estimate of drug-likeness (QED) is 0.768. The van der Waals surface area contributed by atoms with Gasteiger partial charge in [0.2, 0.25) is 0 Å². The Morgan fingerprint density at radius 3 is 2.57 bits per heavy atom. The SMILES string of the molecule is O=C(Nc1ccccc1Sc1ccccc1)c1cscn1. The number of carbonyl (C=O) groups excluding carboxylic acids is 1. The Kier molecular flexibility index (Phi) is 4.33. The first kappa shape index (κ1) is 13.9. The van der Waals surface area contributed by atoms with Crippen LogP contribution in [0.2, 0.25) is 0 Å². The maximum Gasteiger partial charge on any atom is 0.275 e. The predicted molar refractivity (Wildman–Crippen MR) is 87.1 cm³/mol. The fourth-order valence-corrected chi connectivity index (χ4v) is 3.24. The fourth-order valence-electron chi connectivity index (χ4n) is 1.79. The second kappa shape index (κ2) is 6.56. The van der Waals surface area contributed by atoms with Crippen LogP contribution in [0.25, 0.3) is 0 Å². The van der Waals surface area contributed by atoms with Crippen molar-refractivity contribution in [1.82, 2.24) is 4.98 Å². The van der Waals surface area contributed by atoms with Crippen molar-refractivity contribution >= 4 is 34.7 Å². The predicted octanol–water partition coefficient (Wildman–Crippen LogP) is 4.55. The van der Waals surface area contributed by atoms with E-state index in [1.165, 1.54) is 11.3 Å². The summed E-state index contributed by atoms with van der Waals surface area (Å²) in [5.74, 6) is -0.183. The molecule has 0 aliphatic rings. The number of amides is 1. The summed E-state index contributed by atoms with van der Waals surface area (Å²) in [7, 11) is 0. The third-order valence-corrected chi connectivity index (χ3v) is 4.44. The number of rotatable bonds is 4. The number of carbonyl (C=O) groups is 1. The van der Waals surface area contributed by atoms with Gasteiger partial charge < -0.3 is 5.32 Å². The molecule has 0 saturated carbocycles. The smallest absolute Gasteiger partial charge is 0.275 e. The Hall–Kier alpha value is -2.11. The highest BCUT2D eigenvalue weighted by Gasteiger charge is 2.11. The highest BCUT2D eigenvalue weighted by molar-refractivity contribution is 7.99. The third-order valence-electron chi connectivity index (χ3n) is 2.77. The number of thiazole rings is 1. The highest BCUT2D eigenvalue weighted by atomic mass is 32.2. The Morgan fingerprint density at radius 1 is 1.05 bits per heavy atom. The zero-order valence-corrected chi connectivity index (χ0v) is 12.7. The van der Waals surface area contributed by atoms with Crippen molar-refractivity contribution in [3.63, 3.8) is 0 Å². The molecule has 21 heavy (non-hydrogen) atoms. The van der Waals surface area contributed by atoms with Gasteiger partial charge in [-0.05, 0) is 24.3 Å². The molecule has 5 heteroatoms. The summed E-state index contributed by atoms with van der Waals surface area (Å²) in [6.45, 7) is 0. The first-order valence-electron chi connectivity index (χ1n) is 6.34. The van der Waals surface area contributed by atoms with Crippen LogP contribution in [0.3, 0.4) is 0 Å². The Morgan fingerprint density at radius 2 is 1.81 bits per heavy atom. The van der Waals surface area contributed by atoms with Crippen molar-refractivity contribution in [3.05, 3.63) is 71.2 Å². The van der Waals surface area contributed by atoms with Crippen LogP contribution < -0.4 is 5.32 Å². The van der Waals surface area contributed by atoms with Crippen LogP contribution in [0.15, 0.2) is 75.3 Å². The summed E-state index contributed by atoms with van der Waals surface area (Å²) < 4.78 is 0. The molecule has 1 amide bonds. The van der Waals surface area contributed by atoms with E-state index in [1.54, 1.807) is 22.7 Å². The molecule has 1 N–H and O–H groups in total.